The summed E-state index contributed by atoms with van der Waals surface area (Å²) in [5.74, 6) is 0.109. The first-order valence-corrected chi connectivity index (χ1v) is 5.71. The van der Waals surface area contributed by atoms with E-state index in [2.05, 4.69) is 5.32 Å². The number of ether oxygens (including phenoxy) is 1. The third-order valence-electron chi connectivity index (χ3n) is 2.65. The van der Waals surface area contributed by atoms with Gasteiger partial charge in [-0.05, 0) is 12.8 Å². The van der Waals surface area contributed by atoms with Crippen LogP contribution in [0, 0.1) is 0 Å². The van der Waals surface area contributed by atoms with Gasteiger partial charge in [0.25, 0.3) is 0 Å². The molecule has 0 aromatic carbocycles. The summed E-state index contributed by atoms with van der Waals surface area (Å²) in [4.78, 5) is 10.9. The highest BCUT2D eigenvalue weighted by molar-refractivity contribution is 5.75. The molecule has 0 heterocycles. The van der Waals surface area contributed by atoms with Gasteiger partial charge in [-0.2, -0.15) is 0 Å². The lowest BCUT2D eigenvalue weighted by Crippen LogP contribution is -2.28. The van der Waals surface area contributed by atoms with Gasteiger partial charge < -0.3 is 10.1 Å². The number of hydrogen-bond donors (Lipinski definition) is 1. The Morgan fingerprint density at radius 2 is 2.07 bits per heavy atom. The molecule has 14 heavy (non-hydrogen) atoms. The van der Waals surface area contributed by atoms with Gasteiger partial charge in [0.1, 0.15) is 0 Å². The largest absolute Gasteiger partial charge is 0.376 e. The van der Waals surface area contributed by atoms with Crippen molar-refractivity contribution in [1.82, 2.24) is 5.32 Å². The smallest absolute Gasteiger partial charge is 0.219 e. The summed E-state index contributed by atoms with van der Waals surface area (Å²) >= 11 is 0. The maximum absolute atomic E-state index is 10.9. The number of amides is 1. The highest BCUT2D eigenvalue weighted by Crippen LogP contribution is 2.19. The third kappa shape index (κ3) is 4.61. The third-order valence-corrected chi connectivity index (χ3v) is 2.65. The van der Waals surface area contributed by atoms with Crippen LogP contribution in [-0.4, -0.2) is 25.2 Å². The SMILES string of the molecule is CCC(=O)NCCOC1CCCCC1. The molecule has 0 saturated heterocycles. The predicted octanol–water partition coefficient (Wildman–Crippen LogP) is 1.86. The van der Waals surface area contributed by atoms with Crippen LogP contribution in [0.1, 0.15) is 45.4 Å². The second-order valence-corrected chi connectivity index (χ2v) is 3.83. The molecule has 1 aliphatic rings. The molecule has 1 aliphatic carbocycles. The summed E-state index contributed by atoms with van der Waals surface area (Å²) in [7, 11) is 0. The van der Waals surface area contributed by atoms with Crippen molar-refractivity contribution >= 4 is 5.91 Å². The topological polar surface area (TPSA) is 38.3 Å². The number of hydrogen-bond acceptors (Lipinski definition) is 2. The summed E-state index contributed by atoms with van der Waals surface area (Å²) < 4.78 is 5.66. The fourth-order valence-electron chi connectivity index (χ4n) is 1.77. The average Bonchev–Trinajstić information content (AvgIpc) is 2.25. The fraction of sp³-hybridized carbons (Fsp3) is 0.909. The van der Waals surface area contributed by atoms with Gasteiger partial charge in [-0.15, -0.1) is 0 Å². The van der Waals surface area contributed by atoms with E-state index in [1.54, 1.807) is 0 Å². The lowest BCUT2D eigenvalue weighted by Gasteiger charge is -2.21. The van der Waals surface area contributed by atoms with Crippen LogP contribution in [0.25, 0.3) is 0 Å². The molecule has 0 atom stereocenters. The first-order valence-electron chi connectivity index (χ1n) is 5.71. The average molecular weight is 199 g/mol. The monoisotopic (exact) mass is 199 g/mol. The zero-order valence-corrected chi connectivity index (χ0v) is 9.05. The molecule has 3 heteroatoms. The van der Waals surface area contributed by atoms with Crippen molar-refractivity contribution in [2.24, 2.45) is 0 Å². The lowest BCUT2D eigenvalue weighted by molar-refractivity contribution is -0.121. The second kappa shape index (κ2) is 6.82. The molecule has 0 unspecified atom stereocenters. The number of nitrogens with one attached hydrogen (secondary N) is 1. The highest BCUT2D eigenvalue weighted by atomic mass is 16.5. The molecule has 1 rings (SSSR count). The number of carbonyl (C=O) groups excluding carboxylic acids is 1. The highest BCUT2D eigenvalue weighted by Gasteiger charge is 2.12. The van der Waals surface area contributed by atoms with Gasteiger partial charge in [-0.25, -0.2) is 0 Å². The Morgan fingerprint density at radius 1 is 1.36 bits per heavy atom. The van der Waals surface area contributed by atoms with E-state index in [4.69, 9.17) is 4.74 Å². The Bertz CT molecular complexity index is 165. The molecule has 0 aliphatic heterocycles. The molecular formula is C11H21NO2. The van der Waals surface area contributed by atoms with Crippen molar-refractivity contribution in [3.8, 4) is 0 Å². The van der Waals surface area contributed by atoms with Crippen LogP contribution in [0.2, 0.25) is 0 Å². The maximum Gasteiger partial charge on any atom is 0.219 e. The van der Waals surface area contributed by atoms with Crippen molar-refractivity contribution in [3.05, 3.63) is 0 Å². The minimum atomic E-state index is 0.109. The van der Waals surface area contributed by atoms with E-state index in [-0.39, 0.29) is 5.91 Å². The Morgan fingerprint density at radius 3 is 2.71 bits per heavy atom. The quantitative estimate of drug-likeness (QED) is 0.686. The van der Waals surface area contributed by atoms with Gasteiger partial charge in [-0.3, -0.25) is 4.79 Å². The van der Waals surface area contributed by atoms with Gasteiger partial charge in [0.2, 0.25) is 5.91 Å². The van der Waals surface area contributed by atoms with Crippen LogP contribution in [0.5, 0.6) is 0 Å². The van der Waals surface area contributed by atoms with Crippen molar-refractivity contribution in [2.75, 3.05) is 13.2 Å². The van der Waals surface area contributed by atoms with Crippen molar-refractivity contribution in [1.29, 1.82) is 0 Å². The van der Waals surface area contributed by atoms with Gasteiger partial charge in [0, 0.05) is 13.0 Å². The van der Waals surface area contributed by atoms with Crippen LogP contribution >= 0.6 is 0 Å². The molecule has 0 radical (unpaired) electrons. The molecule has 1 saturated carbocycles. The van der Waals surface area contributed by atoms with E-state index in [9.17, 15) is 4.79 Å². The van der Waals surface area contributed by atoms with E-state index in [0.717, 1.165) is 0 Å². The first-order chi connectivity index (χ1) is 6.83. The minimum absolute atomic E-state index is 0.109. The standard InChI is InChI=1S/C11H21NO2/c1-2-11(13)12-8-9-14-10-6-4-3-5-7-10/h10H,2-9H2,1H3,(H,12,13). The summed E-state index contributed by atoms with van der Waals surface area (Å²) in [6.45, 7) is 3.18. The summed E-state index contributed by atoms with van der Waals surface area (Å²) in [6, 6.07) is 0. The van der Waals surface area contributed by atoms with Gasteiger partial charge in [0.05, 0.1) is 12.7 Å². The summed E-state index contributed by atoms with van der Waals surface area (Å²) in [6.07, 6.45) is 7.35. The first kappa shape index (κ1) is 11.5. The molecule has 1 N–H and O–H groups in total. The van der Waals surface area contributed by atoms with Crippen molar-refractivity contribution < 1.29 is 9.53 Å². The Balaban J connectivity index is 1.94. The summed E-state index contributed by atoms with van der Waals surface area (Å²) in [5.41, 5.74) is 0. The van der Waals surface area contributed by atoms with Crippen LogP contribution in [-0.2, 0) is 9.53 Å². The molecule has 1 amide bonds. The van der Waals surface area contributed by atoms with Crippen LogP contribution in [0.3, 0.4) is 0 Å². The molecule has 0 aromatic rings. The lowest BCUT2D eigenvalue weighted by atomic mass is 9.98. The number of carbonyl (C=O) groups is 1. The van der Waals surface area contributed by atoms with Gasteiger partial charge in [-0.1, -0.05) is 26.2 Å². The molecule has 0 aromatic heterocycles. The second-order valence-electron chi connectivity index (χ2n) is 3.83. The maximum atomic E-state index is 10.9. The molecule has 82 valence electrons. The molecule has 0 spiro atoms. The molecular weight excluding hydrogens is 178 g/mol. The number of rotatable bonds is 5. The Kier molecular flexibility index (Phi) is 5.60. The van der Waals surface area contributed by atoms with Crippen molar-refractivity contribution in [3.63, 3.8) is 0 Å². The zero-order valence-electron chi connectivity index (χ0n) is 9.05. The molecule has 0 bridgehead atoms. The van der Waals surface area contributed by atoms with Crippen LogP contribution in [0.4, 0.5) is 0 Å². The van der Waals surface area contributed by atoms with E-state index < -0.39 is 0 Å². The van der Waals surface area contributed by atoms with E-state index >= 15 is 0 Å². The van der Waals surface area contributed by atoms with Crippen LogP contribution < -0.4 is 5.32 Å². The minimum Gasteiger partial charge on any atom is -0.376 e. The molecule has 3 nitrogen and oxygen atoms in total. The zero-order chi connectivity index (χ0) is 10.2. The van der Waals surface area contributed by atoms with E-state index in [1.807, 2.05) is 6.92 Å². The van der Waals surface area contributed by atoms with Gasteiger partial charge >= 0.3 is 0 Å². The normalized spacial score (nSPS) is 18.1. The van der Waals surface area contributed by atoms with Crippen molar-refractivity contribution in [2.45, 2.75) is 51.6 Å². The Labute approximate surface area is 86.2 Å². The summed E-state index contributed by atoms with van der Waals surface area (Å²) in [5, 5.41) is 2.81. The van der Waals surface area contributed by atoms with Crippen LogP contribution in [0.15, 0.2) is 0 Å². The predicted molar refractivity (Wildman–Crippen MR) is 56.1 cm³/mol. The molecule has 1 fully saturated rings. The van der Waals surface area contributed by atoms with Gasteiger partial charge in [0.15, 0.2) is 0 Å². The fourth-order valence-corrected chi connectivity index (χ4v) is 1.77. The van der Waals surface area contributed by atoms with E-state index in [0.29, 0.717) is 25.7 Å². The Hall–Kier alpha value is -0.570. The van der Waals surface area contributed by atoms with E-state index in [1.165, 1.54) is 32.1 Å².